The van der Waals surface area contributed by atoms with Gasteiger partial charge in [-0.1, -0.05) is 0 Å². The molecule has 0 atom stereocenters. The summed E-state index contributed by atoms with van der Waals surface area (Å²) in [6.07, 6.45) is 0. The van der Waals surface area contributed by atoms with Crippen LogP contribution in [0.5, 0.6) is 0 Å². The van der Waals surface area contributed by atoms with Crippen LogP contribution in [0.4, 0.5) is 0 Å². The number of aliphatic hydroxyl groups is 1. The Kier molecular flexibility index (Phi) is 6.53. The normalized spacial score (nSPS) is 12.6. The van der Waals surface area contributed by atoms with E-state index in [4.69, 9.17) is 4.52 Å². The zero-order valence-corrected chi connectivity index (χ0v) is 16.9. The van der Waals surface area contributed by atoms with Crippen molar-refractivity contribution in [2.75, 3.05) is 19.9 Å². The standard InChI is InChI=1S/C21H23O2P.BrH/c1-24(23-18-17-22,19-11-5-2-6-12-19,20-13-7-3-8-14-20)21-15-9-4-10-16-21;/h2-16,22H,17-18H2,1H3;1H. The second-order valence-electron chi connectivity index (χ2n) is 6.03. The average Bonchev–Trinajstić information content (AvgIpc) is 2.68. The summed E-state index contributed by atoms with van der Waals surface area (Å²) >= 11 is 0. The van der Waals surface area contributed by atoms with Gasteiger partial charge in [0.2, 0.25) is 0 Å². The zero-order chi connectivity index (χ0) is 16.9. The van der Waals surface area contributed by atoms with Crippen LogP contribution in [0, 0.1) is 0 Å². The summed E-state index contributed by atoms with van der Waals surface area (Å²) in [5.74, 6) is 0. The monoisotopic (exact) mass is 418 g/mol. The van der Waals surface area contributed by atoms with Crippen LogP contribution in [0.3, 0.4) is 0 Å². The fourth-order valence-electron chi connectivity index (χ4n) is 3.30. The third-order valence-electron chi connectivity index (χ3n) is 4.64. The molecule has 0 saturated heterocycles. The topological polar surface area (TPSA) is 29.5 Å². The predicted molar refractivity (Wildman–Crippen MR) is 114 cm³/mol. The molecule has 0 unspecified atom stereocenters. The van der Waals surface area contributed by atoms with Gasteiger partial charge in [-0.05, 0) is 0 Å². The van der Waals surface area contributed by atoms with E-state index in [1.807, 2.05) is 18.2 Å². The van der Waals surface area contributed by atoms with Gasteiger partial charge in [-0.2, -0.15) is 0 Å². The molecular formula is C21H24BrO2P. The van der Waals surface area contributed by atoms with Gasteiger partial charge in [0.1, 0.15) is 0 Å². The van der Waals surface area contributed by atoms with Crippen molar-refractivity contribution in [1.82, 2.24) is 0 Å². The molecule has 0 fully saturated rings. The minimum atomic E-state index is -3.11. The van der Waals surface area contributed by atoms with Crippen molar-refractivity contribution in [3.05, 3.63) is 91.0 Å². The first kappa shape index (κ1) is 19.8. The van der Waals surface area contributed by atoms with Gasteiger partial charge in [0.05, 0.1) is 0 Å². The number of benzene rings is 3. The Morgan fingerprint density at radius 2 is 1.00 bits per heavy atom. The van der Waals surface area contributed by atoms with Crippen molar-refractivity contribution in [2.24, 2.45) is 0 Å². The van der Waals surface area contributed by atoms with Gasteiger partial charge in [0.25, 0.3) is 0 Å². The van der Waals surface area contributed by atoms with Crippen molar-refractivity contribution in [3.8, 4) is 0 Å². The Morgan fingerprint density at radius 3 is 1.28 bits per heavy atom. The predicted octanol–water partition coefficient (Wildman–Crippen LogP) is 3.65. The Labute approximate surface area is 160 Å². The van der Waals surface area contributed by atoms with Crippen LogP contribution < -0.4 is 15.9 Å². The average molecular weight is 419 g/mol. The maximum absolute atomic E-state index is 9.48. The molecule has 132 valence electrons. The van der Waals surface area contributed by atoms with Crippen LogP contribution in [0.25, 0.3) is 0 Å². The van der Waals surface area contributed by atoms with Crippen LogP contribution in [-0.4, -0.2) is 25.0 Å². The van der Waals surface area contributed by atoms with E-state index < -0.39 is 6.83 Å². The van der Waals surface area contributed by atoms with Crippen molar-refractivity contribution >= 4 is 39.7 Å². The van der Waals surface area contributed by atoms with Gasteiger partial charge in [-0.15, -0.1) is 17.0 Å². The summed E-state index contributed by atoms with van der Waals surface area (Å²) in [6, 6.07) is 31.2. The summed E-state index contributed by atoms with van der Waals surface area (Å²) < 4.78 is 6.61. The third kappa shape index (κ3) is 3.43. The molecule has 0 aromatic heterocycles. The quantitative estimate of drug-likeness (QED) is 0.619. The summed E-state index contributed by atoms with van der Waals surface area (Å²) in [5, 5.41) is 13.0. The molecule has 0 aliphatic heterocycles. The minimum absolute atomic E-state index is 0. The van der Waals surface area contributed by atoms with E-state index >= 15 is 0 Å². The molecule has 1 N–H and O–H groups in total. The molecule has 0 aliphatic rings. The van der Waals surface area contributed by atoms with E-state index in [0.717, 1.165) is 15.9 Å². The van der Waals surface area contributed by atoms with Crippen LogP contribution >= 0.6 is 23.8 Å². The molecule has 25 heavy (non-hydrogen) atoms. The summed E-state index contributed by atoms with van der Waals surface area (Å²) in [5.41, 5.74) is 0. The van der Waals surface area contributed by atoms with E-state index in [2.05, 4.69) is 79.5 Å². The Morgan fingerprint density at radius 1 is 0.680 bits per heavy atom. The number of hydrogen-bond acceptors (Lipinski definition) is 2. The first-order valence-corrected chi connectivity index (χ1v) is 10.7. The molecule has 3 aromatic rings. The zero-order valence-electron chi connectivity index (χ0n) is 14.3. The molecule has 3 aromatic carbocycles. The number of rotatable bonds is 6. The van der Waals surface area contributed by atoms with Gasteiger partial charge in [-0.3, -0.25) is 0 Å². The van der Waals surface area contributed by atoms with Crippen molar-refractivity contribution in [2.45, 2.75) is 0 Å². The first-order chi connectivity index (χ1) is 11.7. The third-order valence-corrected chi connectivity index (χ3v) is 10.1. The van der Waals surface area contributed by atoms with Crippen LogP contribution in [0.1, 0.15) is 0 Å². The Balaban J connectivity index is 0.00000225. The SMILES string of the molecule is Br.CP(OCCO)(c1ccccc1)(c1ccccc1)c1ccccc1. The van der Waals surface area contributed by atoms with Crippen LogP contribution in [-0.2, 0) is 4.52 Å². The fourth-order valence-corrected chi connectivity index (χ4v) is 7.85. The summed E-state index contributed by atoms with van der Waals surface area (Å²) in [7, 11) is 0. The first-order valence-electron chi connectivity index (χ1n) is 8.14. The molecule has 0 heterocycles. The second kappa shape index (κ2) is 8.25. The van der Waals surface area contributed by atoms with Gasteiger partial charge < -0.3 is 0 Å². The van der Waals surface area contributed by atoms with Crippen LogP contribution in [0.2, 0.25) is 0 Å². The van der Waals surface area contributed by atoms with Gasteiger partial charge >= 0.3 is 143 Å². The van der Waals surface area contributed by atoms with E-state index in [1.165, 1.54) is 0 Å². The van der Waals surface area contributed by atoms with Crippen molar-refractivity contribution < 1.29 is 9.63 Å². The van der Waals surface area contributed by atoms with E-state index in [-0.39, 0.29) is 23.6 Å². The van der Waals surface area contributed by atoms with E-state index in [0.29, 0.717) is 6.61 Å². The second-order valence-corrected chi connectivity index (χ2v) is 10.8. The molecule has 0 amide bonds. The molecule has 0 aliphatic carbocycles. The van der Waals surface area contributed by atoms with E-state index in [1.54, 1.807) is 0 Å². The van der Waals surface area contributed by atoms with E-state index in [9.17, 15) is 5.11 Å². The molecule has 0 bridgehead atoms. The Hall–Kier alpha value is -1.51. The molecular weight excluding hydrogens is 395 g/mol. The molecule has 3 rings (SSSR count). The number of aliphatic hydroxyl groups excluding tert-OH is 1. The van der Waals surface area contributed by atoms with Gasteiger partial charge in [0, 0.05) is 0 Å². The van der Waals surface area contributed by atoms with Gasteiger partial charge in [0.15, 0.2) is 0 Å². The summed E-state index contributed by atoms with van der Waals surface area (Å²) in [4.78, 5) is 0. The molecule has 4 heteroatoms. The molecule has 0 radical (unpaired) electrons. The molecule has 2 nitrogen and oxygen atoms in total. The molecule has 0 saturated carbocycles. The van der Waals surface area contributed by atoms with Crippen molar-refractivity contribution in [3.63, 3.8) is 0 Å². The summed E-state index contributed by atoms with van der Waals surface area (Å²) in [6.45, 7) is -0.592. The van der Waals surface area contributed by atoms with Gasteiger partial charge in [-0.25, -0.2) is 0 Å². The number of hydrogen-bond donors (Lipinski definition) is 1. The molecule has 0 spiro atoms. The maximum atomic E-state index is 9.48. The Bertz CT molecular complexity index is 679. The van der Waals surface area contributed by atoms with Crippen molar-refractivity contribution in [1.29, 1.82) is 0 Å². The fraction of sp³-hybridized carbons (Fsp3) is 0.143. The number of halogens is 1. The van der Waals surface area contributed by atoms with Crippen LogP contribution in [0.15, 0.2) is 91.0 Å².